The van der Waals surface area contributed by atoms with Crippen molar-refractivity contribution in [1.82, 2.24) is 0 Å². The SMILES string of the molecule is COc1ccc(C2([N+](=O)[O-])CC=CCC2)cc1OC. The fourth-order valence-electron chi connectivity index (χ4n) is 2.48. The van der Waals surface area contributed by atoms with Gasteiger partial charge in [0, 0.05) is 23.3 Å². The minimum Gasteiger partial charge on any atom is -0.493 e. The summed E-state index contributed by atoms with van der Waals surface area (Å²) in [6, 6.07) is 5.18. The normalized spacial score (nSPS) is 22.0. The molecule has 0 saturated carbocycles. The van der Waals surface area contributed by atoms with E-state index in [4.69, 9.17) is 9.47 Å². The van der Waals surface area contributed by atoms with E-state index in [1.807, 2.05) is 12.2 Å². The minimum atomic E-state index is -1.05. The number of nitrogens with zero attached hydrogens (tertiary/aromatic N) is 1. The smallest absolute Gasteiger partial charge is 0.250 e. The second-order valence-corrected chi connectivity index (χ2v) is 4.57. The Balaban J connectivity index is 2.48. The fraction of sp³-hybridized carbons (Fsp3) is 0.429. The first-order chi connectivity index (χ1) is 9.14. The molecule has 1 aromatic rings. The molecule has 0 aliphatic heterocycles. The van der Waals surface area contributed by atoms with Crippen molar-refractivity contribution in [3.8, 4) is 11.5 Å². The first-order valence-corrected chi connectivity index (χ1v) is 6.16. The molecule has 2 rings (SSSR count). The maximum Gasteiger partial charge on any atom is 0.250 e. The van der Waals surface area contributed by atoms with Crippen molar-refractivity contribution in [1.29, 1.82) is 0 Å². The highest BCUT2D eigenvalue weighted by molar-refractivity contribution is 5.45. The molecule has 1 aromatic carbocycles. The molecule has 5 nitrogen and oxygen atoms in total. The molecule has 0 radical (unpaired) electrons. The highest BCUT2D eigenvalue weighted by atomic mass is 16.6. The standard InChI is InChI=1S/C14H17NO4/c1-18-12-7-6-11(10-13(12)19-2)14(15(16)17)8-4-3-5-9-14/h3-4,6-7,10H,5,8-9H2,1-2H3. The van der Waals surface area contributed by atoms with Gasteiger partial charge in [0.2, 0.25) is 0 Å². The van der Waals surface area contributed by atoms with Crippen LogP contribution < -0.4 is 9.47 Å². The van der Waals surface area contributed by atoms with Crippen LogP contribution in [0.15, 0.2) is 30.4 Å². The van der Waals surface area contributed by atoms with E-state index < -0.39 is 5.54 Å². The quantitative estimate of drug-likeness (QED) is 0.476. The Morgan fingerprint density at radius 3 is 2.47 bits per heavy atom. The van der Waals surface area contributed by atoms with Crippen LogP contribution in [-0.2, 0) is 5.54 Å². The van der Waals surface area contributed by atoms with Crippen molar-refractivity contribution in [2.75, 3.05) is 14.2 Å². The lowest BCUT2D eigenvalue weighted by atomic mass is 9.80. The van der Waals surface area contributed by atoms with Crippen molar-refractivity contribution in [2.24, 2.45) is 0 Å². The van der Waals surface area contributed by atoms with Gasteiger partial charge in [-0.05, 0) is 24.6 Å². The van der Waals surface area contributed by atoms with Crippen molar-refractivity contribution < 1.29 is 14.4 Å². The van der Waals surface area contributed by atoms with Crippen LogP contribution in [0.5, 0.6) is 11.5 Å². The van der Waals surface area contributed by atoms with Crippen LogP contribution in [0, 0.1) is 10.1 Å². The number of allylic oxidation sites excluding steroid dienone is 1. The first-order valence-electron chi connectivity index (χ1n) is 6.16. The maximum absolute atomic E-state index is 11.5. The molecule has 0 saturated heterocycles. The van der Waals surface area contributed by atoms with Crippen LogP contribution in [0.2, 0.25) is 0 Å². The lowest BCUT2D eigenvalue weighted by molar-refractivity contribution is -0.580. The van der Waals surface area contributed by atoms with Crippen molar-refractivity contribution in [2.45, 2.75) is 24.8 Å². The Kier molecular flexibility index (Phi) is 3.74. The van der Waals surface area contributed by atoms with E-state index in [-0.39, 0.29) is 4.92 Å². The summed E-state index contributed by atoms with van der Waals surface area (Å²) in [5, 5.41) is 11.5. The summed E-state index contributed by atoms with van der Waals surface area (Å²) in [5.41, 5.74) is -0.381. The van der Waals surface area contributed by atoms with E-state index in [0.29, 0.717) is 29.9 Å². The number of benzene rings is 1. The average Bonchev–Trinajstić information content (AvgIpc) is 2.47. The van der Waals surface area contributed by atoms with Gasteiger partial charge in [0.05, 0.1) is 14.2 Å². The topological polar surface area (TPSA) is 61.6 Å². The number of methoxy groups -OCH3 is 2. The van der Waals surface area contributed by atoms with Gasteiger partial charge in [-0.25, -0.2) is 0 Å². The monoisotopic (exact) mass is 263 g/mol. The van der Waals surface area contributed by atoms with Gasteiger partial charge in [0.15, 0.2) is 11.5 Å². The van der Waals surface area contributed by atoms with Crippen LogP contribution in [0.1, 0.15) is 24.8 Å². The molecule has 19 heavy (non-hydrogen) atoms. The number of ether oxygens (including phenoxy) is 2. The molecule has 1 atom stereocenters. The van der Waals surface area contributed by atoms with E-state index in [0.717, 1.165) is 6.42 Å². The highest BCUT2D eigenvalue weighted by Gasteiger charge is 2.44. The molecule has 1 aliphatic rings. The highest BCUT2D eigenvalue weighted by Crippen LogP contribution is 2.40. The van der Waals surface area contributed by atoms with E-state index >= 15 is 0 Å². The molecule has 0 bridgehead atoms. The Morgan fingerprint density at radius 2 is 1.95 bits per heavy atom. The Bertz CT molecular complexity index is 512. The minimum absolute atomic E-state index is 0.183. The average molecular weight is 263 g/mol. The number of hydrogen-bond acceptors (Lipinski definition) is 4. The number of hydrogen-bond donors (Lipinski definition) is 0. The Labute approximate surface area is 112 Å². The Morgan fingerprint density at radius 1 is 1.21 bits per heavy atom. The van der Waals surface area contributed by atoms with E-state index in [1.165, 1.54) is 7.11 Å². The van der Waals surface area contributed by atoms with E-state index in [1.54, 1.807) is 25.3 Å². The summed E-state index contributed by atoms with van der Waals surface area (Å²) in [7, 11) is 3.07. The second-order valence-electron chi connectivity index (χ2n) is 4.57. The molecule has 5 heteroatoms. The molecular formula is C14H17NO4. The van der Waals surface area contributed by atoms with Crippen LogP contribution in [0.4, 0.5) is 0 Å². The third-order valence-corrected chi connectivity index (χ3v) is 3.62. The van der Waals surface area contributed by atoms with Gasteiger partial charge in [-0.2, -0.15) is 0 Å². The lowest BCUT2D eigenvalue weighted by Crippen LogP contribution is -2.36. The van der Waals surface area contributed by atoms with Gasteiger partial charge < -0.3 is 9.47 Å². The molecule has 0 aromatic heterocycles. The summed E-state index contributed by atoms with van der Waals surface area (Å²) in [6.07, 6.45) is 5.50. The zero-order chi connectivity index (χ0) is 13.9. The van der Waals surface area contributed by atoms with Crippen molar-refractivity contribution in [3.63, 3.8) is 0 Å². The van der Waals surface area contributed by atoms with Gasteiger partial charge in [0.25, 0.3) is 5.54 Å². The zero-order valence-electron chi connectivity index (χ0n) is 11.1. The summed E-state index contributed by atoms with van der Waals surface area (Å²) < 4.78 is 10.4. The second kappa shape index (κ2) is 5.30. The third-order valence-electron chi connectivity index (χ3n) is 3.62. The molecule has 0 heterocycles. The molecule has 1 aliphatic carbocycles. The van der Waals surface area contributed by atoms with E-state index in [2.05, 4.69) is 0 Å². The summed E-state index contributed by atoms with van der Waals surface area (Å²) in [6.45, 7) is 0. The fourth-order valence-corrected chi connectivity index (χ4v) is 2.48. The Hall–Kier alpha value is -2.04. The predicted octanol–water partition coefficient (Wildman–Crippen LogP) is 2.92. The first kappa shape index (κ1) is 13.4. The van der Waals surface area contributed by atoms with Gasteiger partial charge in [-0.15, -0.1) is 0 Å². The van der Waals surface area contributed by atoms with Gasteiger partial charge in [0.1, 0.15) is 0 Å². The van der Waals surface area contributed by atoms with Gasteiger partial charge in [-0.3, -0.25) is 10.1 Å². The molecule has 102 valence electrons. The summed E-state index contributed by atoms with van der Waals surface area (Å²) in [5.74, 6) is 1.10. The van der Waals surface area contributed by atoms with Crippen LogP contribution in [0.25, 0.3) is 0 Å². The van der Waals surface area contributed by atoms with Gasteiger partial charge >= 0.3 is 0 Å². The lowest BCUT2D eigenvalue weighted by Gasteiger charge is -2.27. The molecule has 0 spiro atoms. The van der Waals surface area contributed by atoms with E-state index in [9.17, 15) is 10.1 Å². The number of rotatable bonds is 4. The zero-order valence-corrected chi connectivity index (χ0v) is 11.1. The molecule has 0 amide bonds. The van der Waals surface area contributed by atoms with Crippen LogP contribution >= 0.6 is 0 Å². The maximum atomic E-state index is 11.5. The molecule has 1 unspecified atom stereocenters. The summed E-state index contributed by atoms with van der Waals surface area (Å²) >= 11 is 0. The van der Waals surface area contributed by atoms with Crippen LogP contribution in [-0.4, -0.2) is 19.1 Å². The van der Waals surface area contributed by atoms with Crippen molar-refractivity contribution in [3.05, 3.63) is 46.0 Å². The largest absolute Gasteiger partial charge is 0.493 e. The van der Waals surface area contributed by atoms with Gasteiger partial charge in [-0.1, -0.05) is 12.2 Å². The van der Waals surface area contributed by atoms with Crippen molar-refractivity contribution >= 4 is 0 Å². The molecule has 0 N–H and O–H groups in total. The molecular weight excluding hydrogens is 246 g/mol. The number of nitro groups is 1. The third kappa shape index (κ3) is 2.28. The predicted molar refractivity (Wildman–Crippen MR) is 71.2 cm³/mol. The molecule has 0 fully saturated rings. The van der Waals surface area contributed by atoms with Crippen LogP contribution in [0.3, 0.4) is 0 Å². The summed E-state index contributed by atoms with van der Waals surface area (Å²) in [4.78, 5) is 11.3.